The molecule has 6 heterocycles. The first kappa shape index (κ1) is 35.8. The number of morpholine rings is 2. The van der Waals surface area contributed by atoms with Crippen molar-refractivity contribution in [2.24, 2.45) is 0 Å². The molecule has 3 aliphatic rings. The summed E-state index contributed by atoms with van der Waals surface area (Å²) in [6, 6.07) is 12.4. The van der Waals surface area contributed by atoms with Gasteiger partial charge < -0.3 is 14.4 Å². The van der Waals surface area contributed by atoms with E-state index in [1.807, 2.05) is 57.9 Å². The molecule has 1 aromatic carbocycles. The minimum Gasteiger partial charge on any atom is -0.377 e. The Bertz CT molecular complexity index is 1760. The highest BCUT2D eigenvalue weighted by molar-refractivity contribution is 7.99. The van der Waals surface area contributed by atoms with E-state index in [0.29, 0.717) is 77.7 Å². The van der Waals surface area contributed by atoms with Crippen molar-refractivity contribution in [3.63, 3.8) is 0 Å². The zero-order valence-corrected chi connectivity index (χ0v) is 30.1. The molecule has 3 aromatic heterocycles. The lowest BCUT2D eigenvalue weighted by molar-refractivity contribution is -0.760. The van der Waals surface area contributed by atoms with Crippen LogP contribution in [0.1, 0.15) is 22.1 Å². The third-order valence-corrected chi connectivity index (χ3v) is 11.4. The molecule has 52 heavy (non-hydrogen) atoms. The molecule has 0 unspecified atom stereocenters. The smallest absolute Gasteiger partial charge is 0.305 e. The number of thioether (sulfide) groups is 1. The van der Waals surface area contributed by atoms with E-state index in [1.54, 1.807) is 50.0 Å². The lowest BCUT2D eigenvalue weighted by Crippen LogP contribution is -2.62. The number of carbonyl (C=O) groups is 3. The maximum atomic E-state index is 14.3. The number of rotatable bonds is 13. The van der Waals surface area contributed by atoms with Gasteiger partial charge in [-0.1, -0.05) is 36.4 Å². The van der Waals surface area contributed by atoms with E-state index in [0.717, 1.165) is 10.4 Å². The van der Waals surface area contributed by atoms with Crippen LogP contribution in [0.15, 0.2) is 69.3 Å². The molecule has 4 aromatic rings. The molecule has 3 N–H and O–H groups in total. The van der Waals surface area contributed by atoms with Gasteiger partial charge in [-0.2, -0.15) is 0 Å². The largest absolute Gasteiger partial charge is 0.377 e. The molecule has 276 valence electrons. The van der Waals surface area contributed by atoms with E-state index < -0.39 is 18.0 Å². The number of hydrogen-bond acceptors (Lipinski definition) is 14. The lowest BCUT2D eigenvalue weighted by atomic mass is 10.0. The summed E-state index contributed by atoms with van der Waals surface area (Å²) in [6.07, 6.45) is 4.21. The fraction of sp³-hybridized carbons (Fsp3) is 0.485. The first-order valence-corrected chi connectivity index (χ1v) is 19.2. The van der Waals surface area contributed by atoms with Crippen LogP contribution in [-0.2, 0) is 30.3 Å². The third-order valence-electron chi connectivity index (χ3n) is 8.91. The number of aryl methyl sites for hydroxylation is 1. The number of hydrogen-bond donors (Lipinski definition) is 3. The van der Waals surface area contributed by atoms with Gasteiger partial charge in [0.05, 0.1) is 79.5 Å². The van der Waals surface area contributed by atoms with Gasteiger partial charge in [0, 0.05) is 17.2 Å². The van der Waals surface area contributed by atoms with Crippen molar-refractivity contribution in [3.05, 3.63) is 70.7 Å². The Morgan fingerprint density at radius 2 is 1.54 bits per heavy atom. The number of amides is 3. The van der Waals surface area contributed by atoms with Gasteiger partial charge in [-0.3, -0.25) is 39.4 Å². The summed E-state index contributed by atoms with van der Waals surface area (Å²) < 4.78 is 21.7. The van der Waals surface area contributed by atoms with E-state index in [2.05, 4.69) is 26.5 Å². The normalized spacial score (nSPS) is 20.4. The van der Waals surface area contributed by atoms with Crippen LogP contribution >= 0.6 is 23.1 Å². The van der Waals surface area contributed by atoms with E-state index in [4.69, 9.17) is 18.5 Å². The van der Waals surface area contributed by atoms with Crippen LogP contribution in [-0.4, -0.2) is 117 Å². The summed E-state index contributed by atoms with van der Waals surface area (Å²) in [5.41, 5.74) is 1.06. The van der Waals surface area contributed by atoms with Crippen LogP contribution in [0.2, 0.25) is 0 Å². The molecule has 3 fully saturated rings. The Morgan fingerprint density at radius 1 is 0.885 bits per heavy atom. The van der Waals surface area contributed by atoms with E-state index in [1.165, 1.54) is 0 Å². The summed E-state index contributed by atoms with van der Waals surface area (Å²) in [6.45, 7) is 4.95. The Kier molecular flexibility index (Phi) is 11.9. The van der Waals surface area contributed by atoms with E-state index in [-0.39, 0.29) is 35.4 Å². The number of thiophene rings is 1. The second-order valence-corrected chi connectivity index (χ2v) is 14.7. The number of aromatic nitrogens is 4. The molecule has 3 atom stereocenters. The fourth-order valence-electron chi connectivity index (χ4n) is 6.17. The predicted octanol–water partition coefficient (Wildman–Crippen LogP) is 0.0890. The Labute approximate surface area is 308 Å². The standard InChI is InChI=1S/C33H40N10O7S2/c44-29(35-30-21-42(37-49-30)40-10-14-47-15-11-40)20-39-19-28(27-7-4-18-51-27)52-23-26(33(39)46)34-25(9-8-24-5-2-1-3-6-24)32(45)36-31-22-43(38-50-31)41-12-16-48-17-13-41/h1-7,18,21-22,25-26,28,34H,8-17,19-20,23H2/p+2/t25-,26+,28+/m0/s1. The molecule has 0 bridgehead atoms. The number of anilines is 2. The van der Waals surface area contributed by atoms with Gasteiger partial charge in [0.15, 0.2) is 0 Å². The van der Waals surface area contributed by atoms with E-state index >= 15 is 0 Å². The van der Waals surface area contributed by atoms with Crippen molar-refractivity contribution in [1.82, 2.24) is 20.8 Å². The molecule has 0 radical (unpaired) electrons. The fourth-order valence-corrected chi connectivity index (χ4v) is 8.43. The molecule has 0 aliphatic carbocycles. The SMILES string of the molecule is O=C(CN1C[C@H](c2cccs2)SC[C@@H](N[C@@H](CCc2ccccc2)C(=O)Nc2c[n+](N3CCOCC3)no2)C1=O)Nc1c[n+](N2CCOCC2)no1. The minimum atomic E-state index is -0.768. The number of benzene rings is 1. The van der Waals surface area contributed by atoms with Gasteiger partial charge >= 0.3 is 11.8 Å². The maximum Gasteiger partial charge on any atom is 0.305 e. The highest BCUT2D eigenvalue weighted by Crippen LogP contribution is 2.35. The topological polar surface area (TPSA) is 175 Å². The number of nitrogens with zero attached hydrogens (tertiary/aromatic N) is 7. The van der Waals surface area contributed by atoms with Crippen LogP contribution in [0, 0.1) is 0 Å². The van der Waals surface area contributed by atoms with Crippen LogP contribution in [0.25, 0.3) is 0 Å². The highest BCUT2D eigenvalue weighted by atomic mass is 32.2. The monoisotopic (exact) mass is 754 g/mol. The third kappa shape index (κ3) is 9.26. The highest BCUT2D eigenvalue weighted by Gasteiger charge is 2.37. The zero-order chi connectivity index (χ0) is 35.7. The average molecular weight is 755 g/mol. The summed E-state index contributed by atoms with van der Waals surface area (Å²) in [7, 11) is 0. The quantitative estimate of drug-likeness (QED) is 0.157. The molecular weight excluding hydrogens is 713 g/mol. The van der Waals surface area contributed by atoms with Crippen LogP contribution < -0.4 is 35.5 Å². The zero-order valence-electron chi connectivity index (χ0n) is 28.5. The summed E-state index contributed by atoms with van der Waals surface area (Å²) in [4.78, 5) is 47.3. The molecular formula is C33H42N10O7S2+2. The Hall–Kier alpha value is -4.56. The molecule has 3 saturated heterocycles. The van der Waals surface area contributed by atoms with Gasteiger partial charge in [0.2, 0.25) is 28.3 Å². The first-order valence-electron chi connectivity index (χ1n) is 17.3. The van der Waals surface area contributed by atoms with Crippen molar-refractivity contribution in [3.8, 4) is 0 Å². The van der Waals surface area contributed by atoms with Gasteiger partial charge in [0.25, 0.3) is 12.4 Å². The number of ether oxygens (including phenoxy) is 2. The summed E-state index contributed by atoms with van der Waals surface area (Å²) in [5.74, 6) is -0.311. The second kappa shape index (κ2) is 17.3. The molecule has 3 aliphatic heterocycles. The van der Waals surface area contributed by atoms with Crippen LogP contribution in [0.3, 0.4) is 0 Å². The van der Waals surface area contributed by atoms with Gasteiger partial charge in [-0.25, -0.2) is 0 Å². The molecule has 17 nitrogen and oxygen atoms in total. The Morgan fingerprint density at radius 3 is 2.17 bits per heavy atom. The van der Waals surface area contributed by atoms with E-state index in [9.17, 15) is 14.4 Å². The minimum absolute atomic E-state index is 0.0567. The number of nitrogens with one attached hydrogen (secondary N) is 3. The molecule has 3 amide bonds. The van der Waals surface area contributed by atoms with Crippen molar-refractivity contribution >= 4 is 52.6 Å². The summed E-state index contributed by atoms with van der Waals surface area (Å²) >= 11 is 3.23. The maximum absolute atomic E-state index is 14.3. The summed E-state index contributed by atoms with van der Waals surface area (Å²) in [5, 5.41) is 22.9. The average Bonchev–Trinajstić information content (AvgIpc) is 3.97. The predicted molar refractivity (Wildman–Crippen MR) is 190 cm³/mol. The molecule has 7 rings (SSSR count). The first-order chi connectivity index (χ1) is 25.5. The lowest BCUT2D eigenvalue weighted by Gasteiger charge is -2.27. The molecule has 0 spiro atoms. The van der Waals surface area contributed by atoms with Crippen molar-refractivity contribution < 1.29 is 42.5 Å². The molecule has 19 heteroatoms. The number of carbonyl (C=O) groups excluding carboxylic acids is 3. The van der Waals surface area contributed by atoms with Crippen molar-refractivity contribution in [2.75, 3.05) is 92.1 Å². The van der Waals surface area contributed by atoms with Gasteiger partial charge in [0.1, 0.15) is 6.54 Å². The molecule has 0 saturated carbocycles. The Balaban J connectivity index is 1.06. The van der Waals surface area contributed by atoms with Crippen molar-refractivity contribution in [2.45, 2.75) is 30.2 Å². The van der Waals surface area contributed by atoms with Crippen LogP contribution in [0.4, 0.5) is 11.8 Å². The van der Waals surface area contributed by atoms with Crippen LogP contribution in [0.5, 0.6) is 0 Å². The van der Waals surface area contributed by atoms with Gasteiger partial charge in [-0.15, -0.1) is 33.1 Å². The second-order valence-electron chi connectivity index (χ2n) is 12.5. The van der Waals surface area contributed by atoms with Gasteiger partial charge in [-0.05, 0) is 29.9 Å². The van der Waals surface area contributed by atoms with Crippen molar-refractivity contribution in [1.29, 1.82) is 0 Å².